The predicted octanol–water partition coefficient (Wildman–Crippen LogP) is 2.29. The first-order valence-electron chi connectivity index (χ1n) is 8.25. The number of carbonyl (C=O) groups excluding carboxylic acids is 1. The maximum Gasteiger partial charge on any atom is 0.286 e. The Labute approximate surface area is 158 Å². The van der Waals surface area contributed by atoms with E-state index in [0.29, 0.717) is 53.2 Å². The summed E-state index contributed by atoms with van der Waals surface area (Å²) in [4.78, 5) is 29.5. The summed E-state index contributed by atoms with van der Waals surface area (Å²) >= 11 is 1.32. The minimum Gasteiger partial charge on any atom is -0.378 e. The van der Waals surface area contributed by atoms with Crippen molar-refractivity contribution in [2.24, 2.45) is 4.99 Å². The fraction of sp³-hybridized carbons (Fsp3) is 0.235. The van der Waals surface area contributed by atoms with Crippen molar-refractivity contribution in [2.75, 3.05) is 26.3 Å². The highest BCUT2D eigenvalue weighted by atomic mass is 32.2. The molecular formula is C17H15N5O4S. The van der Waals surface area contributed by atoms with Crippen molar-refractivity contribution >= 4 is 34.6 Å². The van der Waals surface area contributed by atoms with Gasteiger partial charge in [-0.3, -0.25) is 20.0 Å². The zero-order valence-corrected chi connectivity index (χ0v) is 14.9. The summed E-state index contributed by atoms with van der Waals surface area (Å²) in [7, 11) is 0. The summed E-state index contributed by atoms with van der Waals surface area (Å²) in [6.45, 7) is 2.64. The molecule has 9 nitrogen and oxygen atoms in total. The average molecular weight is 385 g/mol. The number of nitro benzene ring substituents is 1. The highest BCUT2D eigenvalue weighted by molar-refractivity contribution is 8.18. The molecule has 1 fully saturated rings. The van der Waals surface area contributed by atoms with E-state index in [1.807, 2.05) is 4.90 Å². The lowest BCUT2D eigenvalue weighted by atomic mass is 10.1. The van der Waals surface area contributed by atoms with Crippen LogP contribution in [0.2, 0.25) is 0 Å². The van der Waals surface area contributed by atoms with Crippen LogP contribution in [0.5, 0.6) is 0 Å². The first kappa shape index (κ1) is 17.4. The van der Waals surface area contributed by atoms with Gasteiger partial charge in [0.15, 0.2) is 5.17 Å². The molecule has 0 spiro atoms. The van der Waals surface area contributed by atoms with Crippen LogP contribution in [0.15, 0.2) is 40.4 Å². The summed E-state index contributed by atoms with van der Waals surface area (Å²) in [6, 6.07) is 6.26. The van der Waals surface area contributed by atoms with Gasteiger partial charge in [-0.05, 0) is 17.8 Å². The summed E-state index contributed by atoms with van der Waals surface area (Å²) in [5, 5.41) is 18.6. The highest BCUT2D eigenvalue weighted by Gasteiger charge is 2.27. The van der Waals surface area contributed by atoms with Gasteiger partial charge in [0, 0.05) is 36.3 Å². The largest absolute Gasteiger partial charge is 0.378 e. The number of H-pyrrole nitrogens is 1. The molecule has 1 amide bonds. The quantitative estimate of drug-likeness (QED) is 0.490. The van der Waals surface area contributed by atoms with Crippen LogP contribution >= 0.6 is 11.8 Å². The third kappa shape index (κ3) is 3.62. The molecule has 0 radical (unpaired) electrons. The third-order valence-electron chi connectivity index (χ3n) is 4.19. The zero-order chi connectivity index (χ0) is 18.8. The van der Waals surface area contributed by atoms with Crippen LogP contribution in [0, 0.1) is 10.1 Å². The maximum absolute atomic E-state index is 12.3. The highest BCUT2D eigenvalue weighted by Crippen LogP contribution is 2.33. The number of aromatic amines is 1. The zero-order valence-electron chi connectivity index (χ0n) is 14.1. The topological polar surface area (TPSA) is 114 Å². The monoisotopic (exact) mass is 385 g/mol. The Morgan fingerprint density at radius 3 is 2.93 bits per heavy atom. The lowest BCUT2D eigenvalue weighted by Gasteiger charge is -2.27. The minimum atomic E-state index is -0.448. The molecule has 3 heterocycles. The van der Waals surface area contributed by atoms with Crippen LogP contribution in [-0.4, -0.2) is 57.4 Å². The van der Waals surface area contributed by atoms with Gasteiger partial charge < -0.3 is 9.64 Å². The number of ether oxygens (including phenoxy) is 1. The van der Waals surface area contributed by atoms with Gasteiger partial charge in [-0.15, -0.1) is 0 Å². The SMILES string of the molecule is O=C1N=C(N2CCOCC2)SC1=Cc1cn[nH]c1-c1cccc([N+](=O)[O-])c1. The van der Waals surface area contributed by atoms with Crippen LogP contribution in [0.4, 0.5) is 5.69 Å². The van der Waals surface area contributed by atoms with Gasteiger partial charge >= 0.3 is 0 Å². The number of hydrogen-bond donors (Lipinski definition) is 1. The summed E-state index contributed by atoms with van der Waals surface area (Å²) in [5.74, 6) is -0.298. The molecule has 0 bridgehead atoms. The molecule has 1 N–H and O–H groups in total. The number of benzene rings is 1. The molecule has 2 aliphatic heterocycles. The number of nitrogens with one attached hydrogen (secondary N) is 1. The summed E-state index contributed by atoms with van der Waals surface area (Å²) in [6.07, 6.45) is 3.29. The van der Waals surface area contributed by atoms with E-state index < -0.39 is 4.92 Å². The molecule has 0 unspecified atom stereocenters. The van der Waals surface area contributed by atoms with Crippen molar-refractivity contribution in [3.8, 4) is 11.3 Å². The minimum absolute atomic E-state index is 0.00930. The van der Waals surface area contributed by atoms with E-state index in [9.17, 15) is 14.9 Å². The van der Waals surface area contributed by atoms with Crippen LogP contribution in [0.25, 0.3) is 17.3 Å². The van der Waals surface area contributed by atoms with Crippen LogP contribution < -0.4 is 0 Å². The van der Waals surface area contributed by atoms with Crippen LogP contribution in [0.3, 0.4) is 0 Å². The normalized spacial score (nSPS) is 18.8. The third-order valence-corrected chi connectivity index (χ3v) is 5.24. The van der Waals surface area contributed by atoms with Gasteiger partial charge in [0.25, 0.3) is 11.6 Å². The van der Waals surface area contributed by atoms with Crippen molar-refractivity contribution in [2.45, 2.75) is 0 Å². The summed E-state index contributed by atoms with van der Waals surface area (Å²) < 4.78 is 5.32. The first-order valence-corrected chi connectivity index (χ1v) is 9.07. The van der Waals surface area contributed by atoms with Crippen molar-refractivity contribution in [3.63, 3.8) is 0 Å². The van der Waals surface area contributed by atoms with Crippen molar-refractivity contribution < 1.29 is 14.5 Å². The summed E-state index contributed by atoms with van der Waals surface area (Å²) in [5.41, 5.74) is 1.90. The molecule has 1 aromatic carbocycles. The molecule has 0 saturated carbocycles. The Kier molecular flexibility index (Phi) is 4.73. The van der Waals surface area contributed by atoms with E-state index in [4.69, 9.17) is 4.74 Å². The Hall–Kier alpha value is -2.98. The van der Waals surface area contributed by atoms with E-state index in [-0.39, 0.29) is 11.6 Å². The van der Waals surface area contributed by atoms with E-state index in [1.165, 1.54) is 23.9 Å². The molecular weight excluding hydrogens is 370 g/mol. The number of amides is 1. The average Bonchev–Trinajstić information content (AvgIpc) is 3.30. The Morgan fingerprint density at radius 2 is 2.15 bits per heavy atom. The van der Waals surface area contributed by atoms with Gasteiger partial charge in [0.05, 0.1) is 34.9 Å². The molecule has 2 aliphatic rings. The van der Waals surface area contributed by atoms with Gasteiger partial charge in [0.1, 0.15) is 0 Å². The van der Waals surface area contributed by atoms with Crippen molar-refractivity contribution in [1.82, 2.24) is 15.1 Å². The number of nitro groups is 1. The number of nitrogens with zero attached hydrogens (tertiary/aromatic N) is 4. The molecule has 2 aromatic rings. The van der Waals surface area contributed by atoms with Crippen molar-refractivity contribution in [3.05, 3.63) is 51.0 Å². The molecule has 4 rings (SSSR count). The smallest absolute Gasteiger partial charge is 0.286 e. The van der Waals surface area contributed by atoms with Crippen LogP contribution in [-0.2, 0) is 9.53 Å². The predicted molar refractivity (Wildman–Crippen MR) is 101 cm³/mol. The first-order chi connectivity index (χ1) is 13.1. The lowest BCUT2D eigenvalue weighted by Crippen LogP contribution is -2.38. The van der Waals surface area contributed by atoms with Gasteiger partial charge in [-0.2, -0.15) is 10.1 Å². The molecule has 1 saturated heterocycles. The number of thioether (sulfide) groups is 1. The number of non-ortho nitro benzene ring substituents is 1. The van der Waals surface area contributed by atoms with Crippen LogP contribution in [0.1, 0.15) is 5.56 Å². The maximum atomic E-state index is 12.3. The van der Waals surface area contributed by atoms with E-state index >= 15 is 0 Å². The second-order valence-electron chi connectivity index (χ2n) is 5.92. The van der Waals surface area contributed by atoms with E-state index in [1.54, 1.807) is 24.4 Å². The van der Waals surface area contributed by atoms with Gasteiger partial charge in [-0.1, -0.05) is 12.1 Å². The Bertz CT molecular complexity index is 962. The number of hydrogen-bond acceptors (Lipinski definition) is 7. The molecule has 0 atom stereocenters. The molecule has 138 valence electrons. The second-order valence-corrected chi connectivity index (χ2v) is 6.93. The molecule has 10 heteroatoms. The Balaban J connectivity index is 1.59. The number of morpholine rings is 1. The number of carbonyl (C=O) groups is 1. The lowest BCUT2D eigenvalue weighted by molar-refractivity contribution is -0.384. The number of aliphatic imine (C=N–C) groups is 1. The number of aromatic nitrogens is 2. The fourth-order valence-corrected chi connectivity index (χ4v) is 3.80. The van der Waals surface area contributed by atoms with E-state index in [0.717, 1.165) is 0 Å². The standard InChI is InChI=1S/C17H15N5O4S/c23-16-14(27-17(19-16)21-4-6-26-7-5-21)9-12-10-18-20-15(12)11-2-1-3-13(8-11)22(24)25/h1-3,8-10H,4-7H2,(H,18,20). The van der Waals surface area contributed by atoms with Gasteiger partial charge in [0.2, 0.25) is 0 Å². The van der Waals surface area contributed by atoms with Crippen molar-refractivity contribution in [1.29, 1.82) is 0 Å². The number of amidine groups is 1. The fourth-order valence-electron chi connectivity index (χ4n) is 2.84. The Morgan fingerprint density at radius 1 is 1.33 bits per heavy atom. The van der Waals surface area contributed by atoms with Gasteiger partial charge in [-0.25, -0.2) is 0 Å². The van der Waals surface area contributed by atoms with E-state index in [2.05, 4.69) is 15.2 Å². The molecule has 27 heavy (non-hydrogen) atoms. The second kappa shape index (κ2) is 7.33. The number of rotatable bonds is 3. The molecule has 0 aliphatic carbocycles. The molecule has 1 aromatic heterocycles.